The molecule has 0 spiro atoms. The number of rotatable bonds is 3. The molecule has 1 fully saturated rings. The summed E-state index contributed by atoms with van der Waals surface area (Å²) in [5.74, 6) is 0.229. The zero-order valence-electron chi connectivity index (χ0n) is 9.65. The van der Waals surface area contributed by atoms with Gasteiger partial charge >= 0.3 is 0 Å². The van der Waals surface area contributed by atoms with Gasteiger partial charge in [-0.25, -0.2) is 0 Å². The minimum atomic E-state index is 0.100. The third-order valence-electron chi connectivity index (χ3n) is 3.15. The SMILES string of the molecule is CC[C@H](N)c1ccc(N2CCCC2=O)cc1. The fourth-order valence-corrected chi connectivity index (χ4v) is 2.06. The maximum Gasteiger partial charge on any atom is 0.227 e. The zero-order valence-corrected chi connectivity index (χ0v) is 9.65. The third kappa shape index (κ3) is 2.09. The zero-order chi connectivity index (χ0) is 11.5. The van der Waals surface area contributed by atoms with E-state index in [0.29, 0.717) is 6.42 Å². The topological polar surface area (TPSA) is 46.3 Å². The van der Waals surface area contributed by atoms with Gasteiger partial charge in [0.15, 0.2) is 0 Å². The molecule has 86 valence electrons. The van der Waals surface area contributed by atoms with Gasteiger partial charge in [0.25, 0.3) is 0 Å². The van der Waals surface area contributed by atoms with Crippen molar-refractivity contribution in [3.8, 4) is 0 Å². The molecule has 16 heavy (non-hydrogen) atoms. The molecule has 1 atom stereocenters. The molecule has 1 saturated heterocycles. The molecule has 0 unspecified atom stereocenters. The maximum absolute atomic E-state index is 11.6. The third-order valence-corrected chi connectivity index (χ3v) is 3.15. The van der Waals surface area contributed by atoms with Crippen LogP contribution in [-0.2, 0) is 4.79 Å². The van der Waals surface area contributed by atoms with Crippen molar-refractivity contribution in [3.63, 3.8) is 0 Å². The number of carbonyl (C=O) groups is 1. The van der Waals surface area contributed by atoms with E-state index in [0.717, 1.165) is 30.6 Å². The summed E-state index contributed by atoms with van der Waals surface area (Å²) in [5, 5.41) is 0. The van der Waals surface area contributed by atoms with Gasteiger partial charge in [-0.05, 0) is 30.5 Å². The van der Waals surface area contributed by atoms with Gasteiger partial charge in [0.2, 0.25) is 5.91 Å². The van der Waals surface area contributed by atoms with E-state index in [-0.39, 0.29) is 11.9 Å². The monoisotopic (exact) mass is 218 g/mol. The van der Waals surface area contributed by atoms with E-state index in [1.165, 1.54) is 0 Å². The van der Waals surface area contributed by atoms with E-state index in [2.05, 4.69) is 6.92 Å². The molecule has 3 heteroatoms. The van der Waals surface area contributed by atoms with Gasteiger partial charge in [0, 0.05) is 24.7 Å². The largest absolute Gasteiger partial charge is 0.324 e. The summed E-state index contributed by atoms with van der Waals surface area (Å²) in [6.07, 6.45) is 2.58. The average molecular weight is 218 g/mol. The number of hydrogen-bond acceptors (Lipinski definition) is 2. The molecule has 1 heterocycles. The smallest absolute Gasteiger partial charge is 0.227 e. The Morgan fingerprint density at radius 2 is 2.06 bits per heavy atom. The Morgan fingerprint density at radius 1 is 1.38 bits per heavy atom. The summed E-state index contributed by atoms with van der Waals surface area (Å²) in [6, 6.07) is 8.13. The Hall–Kier alpha value is -1.35. The lowest BCUT2D eigenvalue weighted by Gasteiger charge is -2.17. The van der Waals surface area contributed by atoms with Crippen LogP contribution in [0.3, 0.4) is 0 Å². The minimum Gasteiger partial charge on any atom is -0.324 e. The molecule has 1 aromatic rings. The van der Waals surface area contributed by atoms with Crippen molar-refractivity contribution >= 4 is 11.6 Å². The molecule has 0 radical (unpaired) electrons. The number of nitrogens with two attached hydrogens (primary N) is 1. The van der Waals surface area contributed by atoms with E-state index in [4.69, 9.17) is 5.73 Å². The number of anilines is 1. The number of benzene rings is 1. The van der Waals surface area contributed by atoms with Crippen molar-refractivity contribution in [2.24, 2.45) is 5.73 Å². The molecule has 2 rings (SSSR count). The van der Waals surface area contributed by atoms with Crippen molar-refractivity contribution in [3.05, 3.63) is 29.8 Å². The van der Waals surface area contributed by atoms with Gasteiger partial charge in [0.05, 0.1) is 0 Å². The number of nitrogens with zero attached hydrogens (tertiary/aromatic N) is 1. The highest BCUT2D eigenvalue weighted by Gasteiger charge is 2.21. The lowest BCUT2D eigenvalue weighted by atomic mass is 10.1. The van der Waals surface area contributed by atoms with Crippen molar-refractivity contribution in [1.29, 1.82) is 0 Å². The number of carbonyl (C=O) groups excluding carboxylic acids is 1. The predicted molar refractivity (Wildman–Crippen MR) is 65.2 cm³/mol. The maximum atomic E-state index is 11.6. The molecular weight excluding hydrogens is 200 g/mol. The second kappa shape index (κ2) is 4.66. The summed E-state index contributed by atoms with van der Waals surface area (Å²) in [5.41, 5.74) is 8.08. The van der Waals surface area contributed by atoms with Crippen molar-refractivity contribution < 1.29 is 4.79 Å². The molecule has 1 aliphatic rings. The molecule has 1 aromatic carbocycles. The molecule has 2 N–H and O–H groups in total. The van der Waals surface area contributed by atoms with Gasteiger partial charge in [-0.2, -0.15) is 0 Å². The minimum absolute atomic E-state index is 0.100. The normalized spacial score (nSPS) is 17.9. The molecule has 3 nitrogen and oxygen atoms in total. The van der Waals surface area contributed by atoms with Crippen LogP contribution in [0, 0.1) is 0 Å². The fraction of sp³-hybridized carbons (Fsp3) is 0.462. The van der Waals surface area contributed by atoms with Crippen LogP contribution in [0.4, 0.5) is 5.69 Å². The van der Waals surface area contributed by atoms with Crippen LogP contribution < -0.4 is 10.6 Å². The van der Waals surface area contributed by atoms with E-state index in [9.17, 15) is 4.79 Å². The van der Waals surface area contributed by atoms with Crippen LogP contribution in [0.5, 0.6) is 0 Å². The first-order valence-corrected chi connectivity index (χ1v) is 5.88. The molecule has 0 aromatic heterocycles. The highest BCUT2D eigenvalue weighted by molar-refractivity contribution is 5.95. The van der Waals surface area contributed by atoms with E-state index in [1.54, 1.807) is 0 Å². The summed E-state index contributed by atoms with van der Waals surface area (Å²) in [7, 11) is 0. The van der Waals surface area contributed by atoms with Gasteiger partial charge < -0.3 is 10.6 Å². The summed E-state index contributed by atoms with van der Waals surface area (Å²) in [4.78, 5) is 13.4. The first kappa shape index (κ1) is 11.1. The average Bonchev–Trinajstić information content (AvgIpc) is 2.75. The van der Waals surface area contributed by atoms with Crippen LogP contribution in [0.25, 0.3) is 0 Å². The Labute approximate surface area is 96.2 Å². The Bertz CT molecular complexity index is 372. The first-order valence-electron chi connectivity index (χ1n) is 5.88. The Balaban J connectivity index is 2.15. The quantitative estimate of drug-likeness (QED) is 0.845. The number of hydrogen-bond donors (Lipinski definition) is 1. The van der Waals surface area contributed by atoms with Crippen LogP contribution >= 0.6 is 0 Å². The Kier molecular flexibility index (Phi) is 3.25. The molecule has 0 bridgehead atoms. The highest BCUT2D eigenvalue weighted by Crippen LogP contribution is 2.23. The summed E-state index contributed by atoms with van der Waals surface area (Å²) in [6.45, 7) is 2.92. The van der Waals surface area contributed by atoms with Crippen LogP contribution in [0.1, 0.15) is 37.8 Å². The van der Waals surface area contributed by atoms with Crippen LogP contribution in [0.15, 0.2) is 24.3 Å². The van der Waals surface area contributed by atoms with Crippen LogP contribution in [-0.4, -0.2) is 12.5 Å². The first-order chi connectivity index (χ1) is 7.72. The van der Waals surface area contributed by atoms with Gasteiger partial charge in [-0.15, -0.1) is 0 Å². The molecule has 1 aliphatic heterocycles. The molecule has 1 amide bonds. The van der Waals surface area contributed by atoms with Crippen LogP contribution in [0.2, 0.25) is 0 Å². The second-order valence-corrected chi connectivity index (χ2v) is 4.26. The van der Waals surface area contributed by atoms with Gasteiger partial charge in [-0.1, -0.05) is 19.1 Å². The molecular formula is C13H18N2O. The fourth-order valence-electron chi connectivity index (χ4n) is 2.06. The summed E-state index contributed by atoms with van der Waals surface area (Å²) < 4.78 is 0. The standard InChI is InChI=1S/C13H18N2O/c1-2-12(14)10-5-7-11(8-6-10)15-9-3-4-13(15)16/h5-8,12H,2-4,9,14H2,1H3/t12-/m0/s1. The van der Waals surface area contributed by atoms with E-state index < -0.39 is 0 Å². The van der Waals surface area contributed by atoms with Gasteiger partial charge in [-0.3, -0.25) is 4.79 Å². The molecule has 0 aliphatic carbocycles. The highest BCUT2D eigenvalue weighted by atomic mass is 16.2. The van der Waals surface area contributed by atoms with Crippen molar-refractivity contribution in [2.45, 2.75) is 32.2 Å². The van der Waals surface area contributed by atoms with Gasteiger partial charge in [0.1, 0.15) is 0 Å². The second-order valence-electron chi connectivity index (χ2n) is 4.26. The number of amides is 1. The lowest BCUT2D eigenvalue weighted by Crippen LogP contribution is -2.23. The van der Waals surface area contributed by atoms with Crippen molar-refractivity contribution in [1.82, 2.24) is 0 Å². The van der Waals surface area contributed by atoms with E-state index in [1.807, 2.05) is 29.2 Å². The predicted octanol–water partition coefficient (Wildman–Crippen LogP) is 2.22. The van der Waals surface area contributed by atoms with Crippen molar-refractivity contribution in [2.75, 3.05) is 11.4 Å². The Morgan fingerprint density at radius 3 is 2.56 bits per heavy atom. The lowest BCUT2D eigenvalue weighted by molar-refractivity contribution is -0.117. The summed E-state index contributed by atoms with van der Waals surface area (Å²) >= 11 is 0. The molecule has 0 saturated carbocycles. The van der Waals surface area contributed by atoms with E-state index >= 15 is 0 Å².